The second kappa shape index (κ2) is 6.62. The number of fused-ring (bicyclic) bond motifs is 1. The first-order valence-corrected chi connectivity index (χ1v) is 10.4. The van der Waals surface area contributed by atoms with Crippen LogP contribution >= 0.6 is 11.3 Å². The number of carbonyl (C=O) groups excluding carboxylic acids is 1. The van der Waals surface area contributed by atoms with Crippen molar-refractivity contribution in [1.82, 2.24) is 9.88 Å². The third-order valence-corrected chi connectivity index (χ3v) is 6.11. The smallest absolute Gasteiger partial charge is 0.257 e. The summed E-state index contributed by atoms with van der Waals surface area (Å²) in [6.45, 7) is 4.97. The number of anilines is 1. The average Bonchev–Trinajstić information content (AvgIpc) is 2.95. The lowest BCUT2D eigenvalue weighted by atomic mass is 10.2. The Kier molecular flexibility index (Phi) is 4.71. The van der Waals surface area contributed by atoms with Gasteiger partial charge in [-0.3, -0.25) is 15.0 Å². The van der Waals surface area contributed by atoms with Crippen molar-refractivity contribution in [2.24, 2.45) is 0 Å². The number of benzene rings is 1. The number of nitrogens with one attached hydrogen (secondary N) is 1. The summed E-state index contributed by atoms with van der Waals surface area (Å²) in [7, 11) is -3.34. The van der Waals surface area contributed by atoms with Crippen molar-refractivity contribution in [3.63, 3.8) is 0 Å². The summed E-state index contributed by atoms with van der Waals surface area (Å²) in [4.78, 5) is 20.5. The van der Waals surface area contributed by atoms with Crippen molar-refractivity contribution in [1.29, 1.82) is 0 Å². The molecule has 128 valence electrons. The summed E-state index contributed by atoms with van der Waals surface area (Å²) >= 11 is 1.48. The van der Waals surface area contributed by atoms with Gasteiger partial charge >= 0.3 is 0 Å². The highest BCUT2D eigenvalue weighted by atomic mass is 32.2. The predicted octanol–water partition coefficient (Wildman–Crippen LogP) is 2.18. The number of amides is 1. The second-order valence-electron chi connectivity index (χ2n) is 5.76. The number of rotatable bonds is 4. The maximum Gasteiger partial charge on any atom is 0.257 e. The van der Waals surface area contributed by atoms with Gasteiger partial charge in [0, 0.05) is 36.2 Å². The van der Waals surface area contributed by atoms with Gasteiger partial charge in [0.1, 0.15) is 0 Å². The van der Waals surface area contributed by atoms with Gasteiger partial charge < -0.3 is 0 Å². The van der Waals surface area contributed by atoms with Gasteiger partial charge in [-0.05, 0) is 24.7 Å². The van der Waals surface area contributed by atoms with E-state index < -0.39 is 9.84 Å². The molecule has 2 heterocycles. The minimum atomic E-state index is -3.34. The molecule has 1 aromatic heterocycles. The van der Waals surface area contributed by atoms with E-state index in [0.717, 1.165) is 38.0 Å². The van der Waals surface area contributed by atoms with Crippen LogP contribution in [-0.4, -0.2) is 43.6 Å². The van der Waals surface area contributed by atoms with E-state index >= 15 is 0 Å². The second-order valence-corrected chi connectivity index (χ2v) is 8.86. The molecule has 0 saturated carbocycles. The van der Waals surface area contributed by atoms with Crippen molar-refractivity contribution in [2.75, 3.05) is 24.7 Å². The van der Waals surface area contributed by atoms with Crippen LogP contribution in [0.2, 0.25) is 0 Å². The number of hydrogen-bond acceptors (Lipinski definition) is 6. The fourth-order valence-electron chi connectivity index (χ4n) is 2.61. The molecule has 0 radical (unpaired) electrons. The van der Waals surface area contributed by atoms with Crippen LogP contribution in [-0.2, 0) is 22.8 Å². The normalized spacial score (nSPS) is 15.1. The van der Waals surface area contributed by atoms with E-state index in [1.54, 1.807) is 12.1 Å². The number of hydrogen-bond donors (Lipinski definition) is 1. The standard InChI is InChI=1S/C16H19N3O3S2/c1-3-19-8-7-13-14(10-19)23-16(17-13)18-15(20)11-5-4-6-12(9-11)24(2,21)22/h4-6,9H,3,7-8,10H2,1-2H3,(H,17,18,20). The molecule has 0 bridgehead atoms. The molecule has 0 atom stereocenters. The van der Waals surface area contributed by atoms with Gasteiger partial charge in [-0.15, -0.1) is 11.3 Å². The summed E-state index contributed by atoms with van der Waals surface area (Å²) in [6, 6.07) is 6.03. The molecule has 6 nitrogen and oxygen atoms in total. The van der Waals surface area contributed by atoms with Crippen molar-refractivity contribution in [3.05, 3.63) is 40.4 Å². The molecule has 3 rings (SSSR count). The topological polar surface area (TPSA) is 79.4 Å². The van der Waals surface area contributed by atoms with Crippen LogP contribution in [0.5, 0.6) is 0 Å². The molecule has 0 saturated heterocycles. The minimum Gasteiger partial charge on any atom is -0.298 e. The molecule has 2 aromatic rings. The van der Waals surface area contributed by atoms with E-state index in [2.05, 4.69) is 22.1 Å². The highest BCUT2D eigenvalue weighted by molar-refractivity contribution is 7.90. The van der Waals surface area contributed by atoms with Gasteiger partial charge in [0.05, 0.1) is 10.6 Å². The molecule has 0 spiro atoms. The maximum atomic E-state index is 12.4. The zero-order valence-corrected chi connectivity index (χ0v) is 15.2. The molecule has 1 aliphatic rings. The highest BCUT2D eigenvalue weighted by Gasteiger charge is 2.21. The number of nitrogens with zero attached hydrogens (tertiary/aromatic N) is 2. The number of carbonyl (C=O) groups is 1. The first-order chi connectivity index (χ1) is 11.4. The molecule has 1 N–H and O–H groups in total. The molecule has 0 aliphatic carbocycles. The van der Waals surface area contributed by atoms with Crippen molar-refractivity contribution < 1.29 is 13.2 Å². The fourth-order valence-corrected chi connectivity index (χ4v) is 4.32. The number of thiazole rings is 1. The zero-order valence-electron chi connectivity index (χ0n) is 13.6. The molecule has 1 aliphatic heterocycles. The molecular formula is C16H19N3O3S2. The van der Waals surface area contributed by atoms with Crippen molar-refractivity contribution >= 4 is 32.2 Å². The molecule has 24 heavy (non-hydrogen) atoms. The highest BCUT2D eigenvalue weighted by Crippen LogP contribution is 2.28. The van der Waals surface area contributed by atoms with Crippen LogP contribution < -0.4 is 5.32 Å². The van der Waals surface area contributed by atoms with Crippen LogP contribution in [0.15, 0.2) is 29.2 Å². The SMILES string of the molecule is CCN1CCc2nc(NC(=O)c3cccc(S(C)(=O)=O)c3)sc2C1. The summed E-state index contributed by atoms with van der Waals surface area (Å²) in [5.41, 5.74) is 1.35. The Hall–Kier alpha value is -1.77. The fraction of sp³-hybridized carbons (Fsp3) is 0.375. The number of likely N-dealkylation sites (N-methyl/N-ethyl adjacent to an activating group) is 1. The summed E-state index contributed by atoms with van der Waals surface area (Å²) in [6.07, 6.45) is 2.01. The summed E-state index contributed by atoms with van der Waals surface area (Å²) in [5.74, 6) is -0.348. The minimum absolute atomic E-state index is 0.132. The van der Waals surface area contributed by atoms with E-state index in [4.69, 9.17) is 0 Å². The Morgan fingerprint density at radius 3 is 2.92 bits per heavy atom. The van der Waals surface area contributed by atoms with E-state index in [1.807, 2.05) is 0 Å². The predicted molar refractivity (Wildman–Crippen MR) is 94.3 cm³/mol. The van der Waals surface area contributed by atoms with E-state index in [9.17, 15) is 13.2 Å². The first kappa shape index (κ1) is 17.1. The van der Waals surface area contributed by atoms with Crippen LogP contribution in [0, 0.1) is 0 Å². The van der Waals surface area contributed by atoms with Crippen molar-refractivity contribution in [3.8, 4) is 0 Å². The van der Waals surface area contributed by atoms with Gasteiger partial charge in [0.2, 0.25) is 0 Å². The quantitative estimate of drug-likeness (QED) is 0.898. The largest absolute Gasteiger partial charge is 0.298 e. The molecular weight excluding hydrogens is 346 g/mol. The van der Waals surface area contributed by atoms with Crippen LogP contribution in [0.3, 0.4) is 0 Å². The van der Waals surface area contributed by atoms with Gasteiger partial charge in [-0.1, -0.05) is 13.0 Å². The Morgan fingerprint density at radius 1 is 1.42 bits per heavy atom. The number of aromatic nitrogens is 1. The Bertz CT molecular complexity index is 874. The monoisotopic (exact) mass is 365 g/mol. The Balaban J connectivity index is 1.78. The third-order valence-electron chi connectivity index (χ3n) is 4.00. The lowest BCUT2D eigenvalue weighted by molar-refractivity contribution is 0.102. The zero-order chi connectivity index (χ0) is 17.3. The maximum absolute atomic E-state index is 12.4. The molecule has 0 unspecified atom stereocenters. The third kappa shape index (κ3) is 3.66. The molecule has 8 heteroatoms. The van der Waals surface area contributed by atoms with Crippen molar-refractivity contribution in [2.45, 2.75) is 24.8 Å². The average molecular weight is 365 g/mol. The van der Waals surface area contributed by atoms with E-state index in [-0.39, 0.29) is 10.8 Å². The van der Waals surface area contributed by atoms with Crippen LogP contribution in [0.25, 0.3) is 0 Å². The van der Waals surface area contributed by atoms with Gasteiger partial charge in [-0.2, -0.15) is 0 Å². The van der Waals surface area contributed by atoms with E-state index in [1.165, 1.54) is 28.3 Å². The molecule has 1 amide bonds. The van der Waals surface area contributed by atoms with Gasteiger partial charge in [-0.25, -0.2) is 13.4 Å². The van der Waals surface area contributed by atoms with Crippen LogP contribution in [0.1, 0.15) is 27.9 Å². The van der Waals surface area contributed by atoms with E-state index in [0.29, 0.717) is 10.7 Å². The lowest BCUT2D eigenvalue weighted by Crippen LogP contribution is -2.29. The Morgan fingerprint density at radius 2 is 2.21 bits per heavy atom. The molecule has 1 aromatic carbocycles. The number of sulfone groups is 1. The van der Waals surface area contributed by atoms with Gasteiger partial charge in [0.25, 0.3) is 5.91 Å². The Labute approximate surface area is 145 Å². The van der Waals surface area contributed by atoms with Gasteiger partial charge in [0.15, 0.2) is 15.0 Å². The molecule has 0 fully saturated rings. The lowest BCUT2D eigenvalue weighted by Gasteiger charge is -2.23. The summed E-state index contributed by atoms with van der Waals surface area (Å²) in [5, 5.41) is 3.34. The first-order valence-electron chi connectivity index (χ1n) is 7.69. The summed E-state index contributed by atoms with van der Waals surface area (Å²) < 4.78 is 23.2. The van der Waals surface area contributed by atoms with Crippen LogP contribution in [0.4, 0.5) is 5.13 Å².